The molecule has 1 aliphatic heterocycles. The van der Waals surface area contributed by atoms with E-state index in [4.69, 9.17) is 0 Å². The van der Waals surface area contributed by atoms with Gasteiger partial charge in [0.05, 0.1) is 0 Å². The van der Waals surface area contributed by atoms with Gasteiger partial charge in [-0.3, -0.25) is 14.6 Å². The van der Waals surface area contributed by atoms with Crippen LogP contribution in [0.1, 0.15) is 21.5 Å². The summed E-state index contributed by atoms with van der Waals surface area (Å²) in [5.74, 6) is -0.0500. The highest BCUT2D eigenvalue weighted by Crippen LogP contribution is 2.12. The van der Waals surface area contributed by atoms with E-state index in [0.29, 0.717) is 12.1 Å². The number of benzene rings is 2. The van der Waals surface area contributed by atoms with Gasteiger partial charge in [-0.2, -0.15) is 0 Å². The van der Waals surface area contributed by atoms with Crippen LogP contribution in [0.15, 0.2) is 67.3 Å². The van der Waals surface area contributed by atoms with Gasteiger partial charge in [0.25, 0.3) is 5.91 Å². The van der Waals surface area contributed by atoms with Crippen LogP contribution in [0.5, 0.6) is 0 Å². The molecule has 1 amide bonds. The second-order valence-corrected chi connectivity index (χ2v) is 6.73. The molecule has 1 aliphatic rings. The Balaban J connectivity index is 1.45. The Morgan fingerprint density at radius 1 is 0.885 bits per heavy atom. The van der Waals surface area contributed by atoms with Crippen LogP contribution in [0.2, 0.25) is 0 Å². The van der Waals surface area contributed by atoms with Crippen molar-refractivity contribution >= 4 is 5.91 Å². The summed E-state index contributed by atoms with van der Waals surface area (Å²) in [6, 6.07) is 18.6. The van der Waals surface area contributed by atoms with E-state index in [1.165, 1.54) is 11.1 Å². The fraction of sp³-hybridized carbons (Fsp3) is 0.318. The molecule has 0 atom stereocenters. The van der Waals surface area contributed by atoms with E-state index in [0.717, 1.165) is 39.3 Å². The molecule has 1 heterocycles. The Bertz CT molecular complexity index is 704. The van der Waals surface area contributed by atoms with Crippen LogP contribution in [0.4, 0.5) is 0 Å². The zero-order chi connectivity index (χ0) is 18.2. The Hall–Kier alpha value is -2.43. The number of nitrogens with zero attached hydrogens (tertiary/aromatic N) is 2. The van der Waals surface area contributed by atoms with Gasteiger partial charge in [0.15, 0.2) is 0 Å². The van der Waals surface area contributed by atoms with Gasteiger partial charge >= 0.3 is 0 Å². The lowest BCUT2D eigenvalue weighted by Gasteiger charge is -2.34. The number of hydrogen-bond donors (Lipinski definition) is 1. The molecule has 0 aliphatic carbocycles. The van der Waals surface area contributed by atoms with E-state index in [9.17, 15) is 4.79 Å². The first-order valence-electron chi connectivity index (χ1n) is 9.21. The summed E-state index contributed by atoms with van der Waals surface area (Å²) < 4.78 is 0. The standard InChI is InChI=1S/C22H27N3O/c1-2-12-23-22(26)21-10-8-20(9-11-21)18-25-15-13-24(14-16-25)17-19-6-4-3-5-7-19/h2-11H,1,12-18H2,(H,23,26). The van der Waals surface area contributed by atoms with E-state index in [1.807, 2.05) is 12.1 Å². The molecule has 0 unspecified atom stereocenters. The number of piperazine rings is 1. The van der Waals surface area contributed by atoms with Gasteiger partial charge in [-0.25, -0.2) is 0 Å². The van der Waals surface area contributed by atoms with Gasteiger partial charge in [-0.1, -0.05) is 48.5 Å². The molecule has 0 spiro atoms. The van der Waals surface area contributed by atoms with Gasteiger partial charge in [0.1, 0.15) is 0 Å². The largest absolute Gasteiger partial charge is 0.349 e. The smallest absolute Gasteiger partial charge is 0.251 e. The number of nitrogens with one attached hydrogen (secondary N) is 1. The van der Waals surface area contributed by atoms with Crippen molar-refractivity contribution in [1.29, 1.82) is 0 Å². The highest BCUT2D eigenvalue weighted by molar-refractivity contribution is 5.94. The number of amides is 1. The monoisotopic (exact) mass is 349 g/mol. The third-order valence-electron chi connectivity index (χ3n) is 4.74. The first-order valence-corrected chi connectivity index (χ1v) is 9.21. The predicted octanol–water partition coefficient (Wildman–Crippen LogP) is 2.92. The number of hydrogen-bond acceptors (Lipinski definition) is 3. The molecule has 4 heteroatoms. The summed E-state index contributed by atoms with van der Waals surface area (Å²) in [5, 5.41) is 2.80. The minimum Gasteiger partial charge on any atom is -0.349 e. The molecular weight excluding hydrogens is 322 g/mol. The summed E-state index contributed by atoms with van der Waals surface area (Å²) in [4.78, 5) is 16.9. The van der Waals surface area contributed by atoms with E-state index in [2.05, 4.69) is 64.2 Å². The molecule has 1 N–H and O–H groups in total. The van der Waals surface area contributed by atoms with Crippen LogP contribution in [0.25, 0.3) is 0 Å². The third kappa shape index (κ3) is 5.28. The Morgan fingerprint density at radius 3 is 1.96 bits per heavy atom. The van der Waals surface area contributed by atoms with Crippen molar-refractivity contribution in [1.82, 2.24) is 15.1 Å². The second-order valence-electron chi connectivity index (χ2n) is 6.73. The number of carbonyl (C=O) groups excluding carboxylic acids is 1. The van der Waals surface area contributed by atoms with Gasteiger partial charge in [0.2, 0.25) is 0 Å². The van der Waals surface area contributed by atoms with Crippen LogP contribution in [0.3, 0.4) is 0 Å². The zero-order valence-corrected chi connectivity index (χ0v) is 15.2. The van der Waals surface area contributed by atoms with Crippen molar-refractivity contribution in [3.63, 3.8) is 0 Å². The summed E-state index contributed by atoms with van der Waals surface area (Å²) in [6.07, 6.45) is 1.68. The van der Waals surface area contributed by atoms with E-state index < -0.39 is 0 Å². The van der Waals surface area contributed by atoms with Crippen LogP contribution < -0.4 is 5.32 Å². The molecule has 1 fully saturated rings. The lowest BCUT2D eigenvalue weighted by Crippen LogP contribution is -2.45. The molecule has 0 saturated carbocycles. The fourth-order valence-corrected chi connectivity index (χ4v) is 3.23. The van der Waals surface area contributed by atoms with Gasteiger partial charge < -0.3 is 5.32 Å². The van der Waals surface area contributed by atoms with Gasteiger partial charge in [0, 0.05) is 51.4 Å². The topological polar surface area (TPSA) is 35.6 Å². The zero-order valence-electron chi connectivity index (χ0n) is 15.2. The van der Waals surface area contributed by atoms with Crippen molar-refractivity contribution in [2.75, 3.05) is 32.7 Å². The number of carbonyl (C=O) groups is 1. The van der Waals surface area contributed by atoms with Crippen molar-refractivity contribution in [3.05, 3.63) is 83.9 Å². The van der Waals surface area contributed by atoms with Crippen LogP contribution in [-0.2, 0) is 13.1 Å². The van der Waals surface area contributed by atoms with Crippen LogP contribution >= 0.6 is 0 Å². The van der Waals surface area contributed by atoms with Crippen molar-refractivity contribution in [3.8, 4) is 0 Å². The number of rotatable bonds is 7. The average molecular weight is 349 g/mol. The fourth-order valence-electron chi connectivity index (χ4n) is 3.23. The molecule has 26 heavy (non-hydrogen) atoms. The van der Waals surface area contributed by atoms with E-state index in [1.54, 1.807) is 6.08 Å². The SMILES string of the molecule is C=CCNC(=O)c1ccc(CN2CCN(Cc3ccccc3)CC2)cc1. The predicted molar refractivity (Wildman–Crippen MR) is 106 cm³/mol. The molecular formula is C22H27N3O. The highest BCUT2D eigenvalue weighted by Gasteiger charge is 2.17. The van der Waals surface area contributed by atoms with Crippen molar-refractivity contribution in [2.45, 2.75) is 13.1 Å². The maximum atomic E-state index is 11.9. The summed E-state index contributed by atoms with van der Waals surface area (Å²) in [7, 11) is 0. The molecule has 3 rings (SSSR count). The molecule has 2 aromatic carbocycles. The minimum absolute atomic E-state index is 0.0500. The summed E-state index contributed by atoms with van der Waals surface area (Å²) in [5.41, 5.74) is 3.33. The molecule has 4 nitrogen and oxygen atoms in total. The van der Waals surface area contributed by atoms with E-state index in [-0.39, 0.29) is 5.91 Å². The molecule has 0 radical (unpaired) electrons. The third-order valence-corrected chi connectivity index (χ3v) is 4.74. The molecule has 0 bridgehead atoms. The quantitative estimate of drug-likeness (QED) is 0.781. The molecule has 0 aromatic heterocycles. The highest BCUT2D eigenvalue weighted by atomic mass is 16.1. The Labute approximate surface area is 156 Å². The van der Waals surface area contributed by atoms with Crippen molar-refractivity contribution in [2.24, 2.45) is 0 Å². The molecule has 136 valence electrons. The van der Waals surface area contributed by atoms with Gasteiger partial charge in [-0.15, -0.1) is 6.58 Å². The molecule has 2 aromatic rings. The summed E-state index contributed by atoms with van der Waals surface area (Å²) >= 11 is 0. The normalized spacial score (nSPS) is 15.5. The lowest BCUT2D eigenvalue weighted by molar-refractivity contribution is 0.0958. The summed E-state index contributed by atoms with van der Waals surface area (Å²) in [6.45, 7) is 10.4. The Kier molecular flexibility index (Phi) is 6.58. The lowest BCUT2D eigenvalue weighted by atomic mass is 10.1. The average Bonchev–Trinajstić information content (AvgIpc) is 2.69. The second kappa shape index (κ2) is 9.32. The Morgan fingerprint density at radius 2 is 1.42 bits per heavy atom. The first-order chi connectivity index (χ1) is 12.7. The van der Waals surface area contributed by atoms with E-state index >= 15 is 0 Å². The molecule has 1 saturated heterocycles. The maximum absolute atomic E-state index is 11.9. The first kappa shape index (κ1) is 18.4. The van der Waals surface area contributed by atoms with Crippen LogP contribution in [0, 0.1) is 0 Å². The minimum atomic E-state index is -0.0500. The maximum Gasteiger partial charge on any atom is 0.251 e. The van der Waals surface area contributed by atoms with Crippen LogP contribution in [-0.4, -0.2) is 48.4 Å². The van der Waals surface area contributed by atoms with Crippen molar-refractivity contribution < 1.29 is 4.79 Å². The van der Waals surface area contributed by atoms with Gasteiger partial charge in [-0.05, 0) is 23.3 Å².